The fourth-order valence-corrected chi connectivity index (χ4v) is 0.0833. The summed E-state index contributed by atoms with van der Waals surface area (Å²) >= 11 is 0. The molecule has 0 saturated heterocycles. The zero-order chi connectivity index (χ0) is 8.41. The van der Waals surface area contributed by atoms with Crippen molar-refractivity contribution in [3.05, 3.63) is 0 Å². The average molecular weight is 150 g/mol. The SMILES string of the molecule is COC(=O)CN.O=CNO. The normalized spacial score (nSPS) is 6.70. The molecule has 0 fully saturated rings. The molecule has 0 aliphatic rings. The quantitative estimate of drug-likeness (QED) is 0.187. The van der Waals surface area contributed by atoms with Gasteiger partial charge in [-0.2, -0.15) is 0 Å². The molecule has 0 aromatic rings. The van der Waals surface area contributed by atoms with E-state index < -0.39 is 0 Å². The van der Waals surface area contributed by atoms with Crippen LogP contribution in [0.25, 0.3) is 0 Å². The van der Waals surface area contributed by atoms with E-state index in [1.165, 1.54) is 12.6 Å². The maximum atomic E-state index is 9.83. The van der Waals surface area contributed by atoms with E-state index in [4.69, 9.17) is 15.7 Å². The maximum absolute atomic E-state index is 9.83. The number of nitrogens with two attached hydrogens (primary N) is 1. The number of amides is 1. The van der Waals surface area contributed by atoms with Gasteiger partial charge in [0, 0.05) is 0 Å². The van der Waals surface area contributed by atoms with Crippen LogP contribution in [-0.2, 0) is 14.3 Å². The number of methoxy groups -OCH3 is 1. The second-order valence-electron chi connectivity index (χ2n) is 1.03. The summed E-state index contributed by atoms with van der Waals surface area (Å²) in [6, 6.07) is 0. The predicted molar refractivity (Wildman–Crippen MR) is 32.1 cm³/mol. The Bertz CT molecular complexity index is 89.3. The van der Waals surface area contributed by atoms with E-state index in [1.807, 2.05) is 0 Å². The minimum absolute atomic E-state index is 0.0312. The molecule has 0 bridgehead atoms. The summed E-state index contributed by atoms with van der Waals surface area (Å²) in [7, 11) is 1.30. The van der Waals surface area contributed by atoms with Crippen molar-refractivity contribution in [2.45, 2.75) is 0 Å². The molecule has 0 radical (unpaired) electrons. The van der Waals surface area contributed by atoms with Gasteiger partial charge in [-0.25, -0.2) is 5.48 Å². The van der Waals surface area contributed by atoms with Gasteiger partial charge in [-0.05, 0) is 0 Å². The number of esters is 1. The maximum Gasteiger partial charge on any atom is 0.319 e. The van der Waals surface area contributed by atoms with Gasteiger partial charge in [0.15, 0.2) is 0 Å². The van der Waals surface area contributed by atoms with E-state index in [2.05, 4.69) is 4.74 Å². The van der Waals surface area contributed by atoms with Crippen LogP contribution in [0.1, 0.15) is 0 Å². The highest BCUT2D eigenvalue weighted by atomic mass is 16.5. The van der Waals surface area contributed by atoms with Gasteiger partial charge in [0.1, 0.15) is 0 Å². The fourth-order valence-electron chi connectivity index (χ4n) is 0.0833. The number of hydroxylamine groups is 1. The summed E-state index contributed by atoms with van der Waals surface area (Å²) in [4.78, 5) is 18.6. The van der Waals surface area contributed by atoms with Gasteiger partial charge < -0.3 is 10.5 Å². The second-order valence-corrected chi connectivity index (χ2v) is 1.03. The lowest BCUT2D eigenvalue weighted by atomic mass is 10.7. The first-order valence-corrected chi connectivity index (χ1v) is 2.33. The van der Waals surface area contributed by atoms with Gasteiger partial charge >= 0.3 is 5.97 Å². The van der Waals surface area contributed by atoms with Crippen molar-refractivity contribution in [1.82, 2.24) is 5.48 Å². The van der Waals surface area contributed by atoms with Crippen molar-refractivity contribution in [3.8, 4) is 0 Å². The van der Waals surface area contributed by atoms with E-state index in [-0.39, 0.29) is 18.9 Å². The predicted octanol–water partition coefficient (Wildman–Crippen LogP) is -1.76. The first kappa shape index (κ1) is 11.6. The third-order valence-corrected chi connectivity index (χ3v) is 0.447. The Labute approximate surface area is 57.9 Å². The smallest absolute Gasteiger partial charge is 0.319 e. The number of carbonyl (C=O) groups is 2. The van der Waals surface area contributed by atoms with Crippen molar-refractivity contribution >= 4 is 12.4 Å². The van der Waals surface area contributed by atoms with Crippen LogP contribution in [0.3, 0.4) is 0 Å². The largest absolute Gasteiger partial charge is 0.468 e. The third-order valence-electron chi connectivity index (χ3n) is 0.447. The minimum Gasteiger partial charge on any atom is -0.468 e. The molecule has 0 aliphatic carbocycles. The van der Waals surface area contributed by atoms with Crippen molar-refractivity contribution in [2.24, 2.45) is 5.73 Å². The van der Waals surface area contributed by atoms with Gasteiger partial charge in [-0.3, -0.25) is 14.8 Å². The molecule has 0 aliphatic heterocycles. The van der Waals surface area contributed by atoms with Crippen LogP contribution >= 0.6 is 0 Å². The van der Waals surface area contributed by atoms with E-state index in [1.54, 1.807) is 0 Å². The Hall–Kier alpha value is -1.14. The molecule has 1 amide bonds. The Morgan fingerprint density at radius 3 is 2.30 bits per heavy atom. The topological polar surface area (TPSA) is 102 Å². The van der Waals surface area contributed by atoms with Crippen molar-refractivity contribution in [2.75, 3.05) is 13.7 Å². The molecule has 0 saturated carbocycles. The number of hydrogen-bond donors (Lipinski definition) is 3. The monoisotopic (exact) mass is 150 g/mol. The van der Waals surface area contributed by atoms with E-state index in [9.17, 15) is 4.79 Å². The Morgan fingerprint density at radius 1 is 1.90 bits per heavy atom. The molecule has 0 unspecified atom stereocenters. The highest BCUT2D eigenvalue weighted by Gasteiger charge is 1.87. The van der Waals surface area contributed by atoms with E-state index in [0.29, 0.717) is 0 Å². The number of nitrogens with one attached hydrogen (secondary N) is 1. The molecule has 60 valence electrons. The summed E-state index contributed by atoms with van der Waals surface area (Å²) in [5.74, 6) is -0.380. The summed E-state index contributed by atoms with van der Waals surface area (Å²) in [6.45, 7) is -0.0312. The summed E-state index contributed by atoms with van der Waals surface area (Å²) in [5.41, 5.74) is 6.06. The van der Waals surface area contributed by atoms with Crippen LogP contribution in [0.5, 0.6) is 0 Å². The molecule has 0 aromatic heterocycles. The van der Waals surface area contributed by atoms with Crippen LogP contribution in [0, 0.1) is 0 Å². The number of carbonyl (C=O) groups excluding carboxylic acids is 2. The molecular weight excluding hydrogens is 140 g/mol. The fraction of sp³-hybridized carbons (Fsp3) is 0.500. The van der Waals surface area contributed by atoms with Gasteiger partial charge in [0.25, 0.3) is 0 Å². The number of hydrogen-bond acceptors (Lipinski definition) is 5. The van der Waals surface area contributed by atoms with Crippen LogP contribution in [-0.4, -0.2) is 31.2 Å². The minimum atomic E-state index is -0.380. The highest BCUT2D eigenvalue weighted by Crippen LogP contribution is 1.61. The second kappa shape index (κ2) is 10.8. The van der Waals surface area contributed by atoms with Crippen LogP contribution in [0.15, 0.2) is 0 Å². The van der Waals surface area contributed by atoms with Crippen LogP contribution in [0.4, 0.5) is 0 Å². The van der Waals surface area contributed by atoms with Crippen molar-refractivity contribution in [1.29, 1.82) is 0 Å². The zero-order valence-corrected chi connectivity index (χ0v) is 5.53. The molecule has 0 spiro atoms. The zero-order valence-electron chi connectivity index (χ0n) is 5.53. The Morgan fingerprint density at radius 2 is 2.30 bits per heavy atom. The van der Waals surface area contributed by atoms with Gasteiger partial charge in [0.2, 0.25) is 6.41 Å². The molecule has 6 heteroatoms. The molecule has 0 atom stereocenters. The average Bonchev–Trinajstić information content (AvgIpc) is 2.03. The third kappa shape index (κ3) is 15.8. The number of rotatable bonds is 2. The van der Waals surface area contributed by atoms with E-state index >= 15 is 0 Å². The van der Waals surface area contributed by atoms with Crippen LogP contribution < -0.4 is 11.2 Å². The van der Waals surface area contributed by atoms with Gasteiger partial charge in [-0.15, -0.1) is 0 Å². The molecule has 0 rings (SSSR count). The van der Waals surface area contributed by atoms with Gasteiger partial charge in [0.05, 0.1) is 13.7 Å². The van der Waals surface area contributed by atoms with Gasteiger partial charge in [-0.1, -0.05) is 0 Å². The molecule has 0 aromatic carbocycles. The van der Waals surface area contributed by atoms with Crippen molar-refractivity contribution in [3.63, 3.8) is 0 Å². The van der Waals surface area contributed by atoms with Crippen molar-refractivity contribution < 1.29 is 19.5 Å². The lowest BCUT2D eigenvalue weighted by Crippen LogP contribution is -2.14. The summed E-state index contributed by atoms with van der Waals surface area (Å²) < 4.78 is 4.14. The number of ether oxygens (including phenoxy) is 1. The standard InChI is InChI=1S/C3H7NO2.CH3NO2/c1-6-3(5)2-4;3-1-2-4/h2,4H2,1H3;1,4H,(H,2,3). The summed E-state index contributed by atoms with van der Waals surface area (Å²) in [6.07, 6.45) is 0.181. The molecule has 6 nitrogen and oxygen atoms in total. The molecule has 0 heterocycles. The first-order chi connectivity index (χ1) is 4.72. The first-order valence-electron chi connectivity index (χ1n) is 2.33. The lowest BCUT2D eigenvalue weighted by Gasteiger charge is -1.87. The summed E-state index contributed by atoms with van der Waals surface area (Å²) in [5, 5.41) is 7.26. The molecular formula is C4H10N2O4. The van der Waals surface area contributed by atoms with E-state index in [0.717, 1.165) is 0 Å². The Balaban J connectivity index is 0. The highest BCUT2D eigenvalue weighted by molar-refractivity contribution is 5.70. The lowest BCUT2D eigenvalue weighted by molar-refractivity contribution is -0.138. The van der Waals surface area contributed by atoms with Crippen LogP contribution in [0.2, 0.25) is 0 Å². The molecule has 10 heavy (non-hydrogen) atoms. The molecule has 4 N–H and O–H groups in total. The Kier molecular flexibility index (Phi) is 12.5.